The standard InChI is InChI=1S/C18H18BrN3O5S/c1-18(19)10-28-16-13(15(24)22(16)14(18)17(25)26-8-7-20)21-12(23)9-27-11-5-3-2-4-6-11/h2-6,13-14,16H,8-10H2,1H3,(H,21,23)/t13?,14?,16-,18?/m0/s1. The number of rotatable bonds is 6. The molecule has 0 aliphatic carbocycles. The highest BCUT2D eigenvalue weighted by Crippen LogP contribution is 2.46. The molecule has 2 saturated heterocycles. The third kappa shape index (κ3) is 4.10. The number of carbonyl (C=O) groups excluding carboxylic acids is 3. The number of benzene rings is 1. The number of nitrogens with one attached hydrogen (secondary N) is 1. The molecule has 0 aromatic heterocycles. The van der Waals surface area contributed by atoms with E-state index in [2.05, 4.69) is 21.2 Å². The zero-order chi connectivity index (χ0) is 20.3. The molecule has 3 unspecified atom stereocenters. The van der Waals surface area contributed by atoms with Crippen LogP contribution in [0.4, 0.5) is 0 Å². The van der Waals surface area contributed by atoms with E-state index in [1.54, 1.807) is 37.3 Å². The Morgan fingerprint density at radius 3 is 2.82 bits per heavy atom. The Morgan fingerprint density at radius 2 is 2.14 bits per heavy atom. The summed E-state index contributed by atoms with van der Waals surface area (Å²) in [4.78, 5) is 38.6. The first-order valence-electron chi connectivity index (χ1n) is 8.48. The first kappa shape index (κ1) is 20.5. The maximum atomic E-state index is 12.6. The van der Waals surface area contributed by atoms with E-state index in [1.807, 2.05) is 6.07 Å². The van der Waals surface area contributed by atoms with Crippen LogP contribution in [-0.2, 0) is 19.1 Å². The fourth-order valence-corrected chi connectivity index (χ4v) is 5.33. The van der Waals surface area contributed by atoms with Crippen molar-refractivity contribution in [3.63, 3.8) is 0 Å². The van der Waals surface area contributed by atoms with E-state index in [0.717, 1.165) is 0 Å². The van der Waals surface area contributed by atoms with E-state index in [9.17, 15) is 14.4 Å². The summed E-state index contributed by atoms with van der Waals surface area (Å²) in [7, 11) is 0. The van der Waals surface area contributed by atoms with Gasteiger partial charge in [0, 0.05) is 5.75 Å². The minimum absolute atomic E-state index is 0.213. The van der Waals surface area contributed by atoms with Crippen molar-refractivity contribution in [1.82, 2.24) is 10.2 Å². The number of amides is 2. The monoisotopic (exact) mass is 467 g/mol. The highest BCUT2D eigenvalue weighted by atomic mass is 79.9. The highest BCUT2D eigenvalue weighted by molar-refractivity contribution is 9.10. The largest absolute Gasteiger partial charge is 0.484 e. The predicted octanol–water partition coefficient (Wildman–Crippen LogP) is 1.05. The average molecular weight is 468 g/mol. The van der Waals surface area contributed by atoms with Gasteiger partial charge in [0.15, 0.2) is 13.2 Å². The van der Waals surface area contributed by atoms with Crippen LogP contribution in [0.3, 0.4) is 0 Å². The van der Waals surface area contributed by atoms with Crippen molar-refractivity contribution in [3.8, 4) is 11.8 Å². The molecule has 1 aromatic carbocycles. The van der Waals surface area contributed by atoms with Crippen molar-refractivity contribution in [3.05, 3.63) is 30.3 Å². The molecule has 1 aromatic rings. The van der Waals surface area contributed by atoms with Crippen LogP contribution in [0.25, 0.3) is 0 Å². The summed E-state index contributed by atoms with van der Waals surface area (Å²) in [5.41, 5.74) is 0. The van der Waals surface area contributed by atoms with Gasteiger partial charge in [0.1, 0.15) is 29.3 Å². The minimum atomic E-state index is -0.867. The lowest BCUT2D eigenvalue weighted by atomic mass is 9.94. The normalized spacial score (nSPS) is 28.4. The Kier molecular flexibility index (Phi) is 6.15. The number of nitrogens with zero attached hydrogens (tertiary/aromatic N) is 2. The van der Waals surface area contributed by atoms with E-state index in [1.165, 1.54) is 16.7 Å². The minimum Gasteiger partial charge on any atom is -0.484 e. The Labute approximate surface area is 174 Å². The van der Waals surface area contributed by atoms with Crippen molar-refractivity contribution in [2.75, 3.05) is 19.0 Å². The van der Waals surface area contributed by atoms with Gasteiger partial charge in [-0.1, -0.05) is 34.1 Å². The third-order valence-corrected chi connectivity index (χ3v) is 7.09. The molecule has 0 radical (unpaired) electrons. The second kappa shape index (κ2) is 8.41. The van der Waals surface area contributed by atoms with Crippen LogP contribution in [0.15, 0.2) is 30.3 Å². The molecule has 2 amide bonds. The third-order valence-electron chi connectivity index (χ3n) is 4.40. The fourth-order valence-electron chi connectivity index (χ4n) is 3.11. The van der Waals surface area contributed by atoms with Gasteiger partial charge in [-0.3, -0.25) is 9.59 Å². The highest BCUT2D eigenvalue weighted by Gasteiger charge is 2.61. The van der Waals surface area contributed by atoms with Crippen LogP contribution in [0.2, 0.25) is 0 Å². The van der Waals surface area contributed by atoms with Gasteiger partial charge in [0.05, 0.1) is 4.32 Å². The van der Waals surface area contributed by atoms with Gasteiger partial charge in [0.25, 0.3) is 5.91 Å². The topological polar surface area (TPSA) is 109 Å². The molecule has 2 aliphatic rings. The lowest BCUT2D eigenvalue weighted by Crippen LogP contribution is -2.78. The molecule has 0 bridgehead atoms. The van der Waals surface area contributed by atoms with Gasteiger partial charge in [-0.05, 0) is 19.1 Å². The zero-order valence-corrected chi connectivity index (χ0v) is 17.4. The molecule has 0 spiro atoms. The Balaban J connectivity index is 1.61. The summed E-state index contributed by atoms with van der Waals surface area (Å²) in [5.74, 6) is -0.341. The maximum absolute atomic E-state index is 12.6. The SMILES string of the molecule is CC1(Br)CS[C@H]2C(NC(=O)COc3ccccc3)C(=O)N2C1C(=O)OCC#N. The second-order valence-corrected chi connectivity index (χ2v) is 9.46. The number of fused-ring (bicyclic) bond motifs is 1. The van der Waals surface area contributed by atoms with E-state index in [4.69, 9.17) is 14.7 Å². The van der Waals surface area contributed by atoms with Gasteiger partial charge >= 0.3 is 5.97 Å². The molecule has 2 aliphatic heterocycles. The second-order valence-electron chi connectivity index (χ2n) is 6.54. The number of β-lactam (4-membered cyclic amide) rings is 1. The van der Waals surface area contributed by atoms with Crippen molar-refractivity contribution in [1.29, 1.82) is 5.26 Å². The first-order chi connectivity index (χ1) is 13.3. The summed E-state index contributed by atoms with van der Waals surface area (Å²) in [6, 6.07) is 9.03. The molecule has 1 N–H and O–H groups in total. The predicted molar refractivity (Wildman–Crippen MR) is 105 cm³/mol. The number of hydrogen-bond donors (Lipinski definition) is 1. The molecule has 28 heavy (non-hydrogen) atoms. The zero-order valence-electron chi connectivity index (χ0n) is 15.0. The molecule has 3 rings (SSSR count). The molecule has 4 atom stereocenters. The van der Waals surface area contributed by atoms with Crippen LogP contribution in [0, 0.1) is 11.3 Å². The summed E-state index contributed by atoms with van der Waals surface area (Å²) >= 11 is 4.96. The van der Waals surface area contributed by atoms with Gasteiger partial charge in [-0.15, -0.1) is 11.8 Å². The number of hydrogen-bond acceptors (Lipinski definition) is 7. The van der Waals surface area contributed by atoms with Gasteiger partial charge in [0.2, 0.25) is 5.91 Å². The smallest absolute Gasteiger partial charge is 0.331 e. The van der Waals surface area contributed by atoms with Crippen LogP contribution < -0.4 is 10.1 Å². The van der Waals surface area contributed by atoms with Crippen molar-refractivity contribution in [2.24, 2.45) is 0 Å². The molecular formula is C18H18BrN3O5S. The Hall–Kier alpha value is -2.25. The molecule has 2 fully saturated rings. The number of para-hydroxylation sites is 1. The number of carbonyl (C=O) groups is 3. The van der Waals surface area contributed by atoms with Crippen LogP contribution >= 0.6 is 27.7 Å². The first-order valence-corrected chi connectivity index (χ1v) is 10.3. The molecule has 2 heterocycles. The number of halogens is 1. The van der Waals surface area contributed by atoms with Gasteiger partial charge in [-0.2, -0.15) is 5.26 Å². The summed E-state index contributed by atoms with van der Waals surface area (Å²) in [6.07, 6.45) is 0. The number of thioether (sulfide) groups is 1. The Bertz CT molecular complexity index is 813. The van der Waals surface area contributed by atoms with Crippen molar-refractivity contribution < 1.29 is 23.9 Å². The number of esters is 1. The van der Waals surface area contributed by atoms with Gasteiger partial charge in [-0.25, -0.2) is 4.79 Å². The van der Waals surface area contributed by atoms with E-state index >= 15 is 0 Å². The number of nitriles is 1. The van der Waals surface area contributed by atoms with E-state index in [0.29, 0.717) is 11.5 Å². The number of ether oxygens (including phenoxy) is 2. The Morgan fingerprint density at radius 1 is 1.43 bits per heavy atom. The molecule has 148 valence electrons. The summed E-state index contributed by atoms with van der Waals surface area (Å²) in [5, 5.41) is 10.9. The maximum Gasteiger partial charge on any atom is 0.331 e. The molecule has 0 saturated carbocycles. The molecular weight excluding hydrogens is 450 g/mol. The van der Waals surface area contributed by atoms with E-state index in [-0.39, 0.29) is 24.5 Å². The van der Waals surface area contributed by atoms with Crippen molar-refractivity contribution >= 4 is 45.5 Å². The van der Waals surface area contributed by atoms with Crippen LogP contribution in [0.5, 0.6) is 5.75 Å². The van der Waals surface area contributed by atoms with Crippen LogP contribution in [-0.4, -0.2) is 63.4 Å². The fraction of sp³-hybridized carbons (Fsp3) is 0.444. The molecule has 8 nitrogen and oxygen atoms in total. The van der Waals surface area contributed by atoms with Crippen LogP contribution in [0.1, 0.15) is 6.92 Å². The number of alkyl halides is 1. The van der Waals surface area contributed by atoms with Gasteiger partial charge < -0.3 is 19.7 Å². The molecule has 10 heteroatoms. The average Bonchev–Trinajstić information content (AvgIpc) is 2.68. The van der Waals surface area contributed by atoms with Crippen molar-refractivity contribution in [2.45, 2.75) is 28.7 Å². The summed E-state index contributed by atoms with van der Waals surface area (Å²) in [6.45, 7) is 1.20. The lowest BCUT2D eigenvalue weighted by molar-refractivity contribution is -0.166. The summed E-state index contributed by atoms with van der Waals surface area (Å²) < 4.78 is 9.63. The lowest BCUT2D eigenvalue weighted by Gasteiger charge is -2.56. The van der Waals surface area contributed by atoms with E-state index < -0.39 is 28.3 Å². The quantitative estimate of drug-likeness (QED) is 0.378.